The van der Waals surface area contributed by atoms with Gasteiger partial charge < -0.3 is 34.9 Å². The summed E-state index contributed by atoms with van der Waals surface area (Å²) in [6.45, 7) is 3.79. The van der Waals surface area contributed by atoms with Gasteiger partial charge >= 0.3 is 5.97 Å². The molecule has 3 aromatic rings. The second-order valence-electron chi connectivity index (χ2n) is 13.2. The highest BCUT2D eigenvalue weighted by molar-refractivity contribution is 5.94. The smallest absolute Gasteiger partial charge is 0.328 e. The predicted molar refractivity (Wildman–Crippen MR) is 166 cm³/mol. The fourth-order valence-corrected chi connectivity index (χ4v) is 9.81. The summed E-state index contributed by atoms with van der Waals surface area (Å²) in [4.78, 5) is 35.5. The van der Waals surface area contributed by atoms with E-state index in [4.69, 9.17) is 9.47 Å². The summed E-state index contributed by atoms with van der Waals surface area (Å²) in [5.41, 5.74) is 0.140. The van der Waals surface area contributed by atoms with Gasteiger partial charge in [0.25, 0.3) is 5.91 Å². The van der Waals surface area contributed by atoms with Crippen LogP contribution < -0.4 is 15.0 Å². The monoisotopic (exact) mass is 602 g/mol. The largest absolute Gasteiger partial charge is 0.497 e. The zero-order chi connectivity index (χ0) is 31.0. The van der Waals surface area contributed by atoms with E-state index in [1.54, 1.807) is 7.11 Å². The van der Waals surface area contributed by atoms with Gasteiger partial charge in [0.2, 0.25) is 0 Å². The molecule has 0 unspecified atom stereocenters. The molecule has 1 aromatic heterocycles. The zero-order valence-electron chi connectivity index (χ0n) is 25.8. The number of esters is 1. The molecule has 1 aliphatic carbocycles. The van der Waals surface area contributed by atoms with E-state index in [1.807, 2.05) is 54.5 Å². The number of anilines is 1. The van der Waals surface area contributed by atoms with Gasteiger partial charge in [0.15, 0.2) is 5.60 Å². The molecule has 3 aliphatic heterocycles. The summed E-state index contributed by atoms with van der Waals surface area (Å²) in [5.74, 6) is -0.691. The maximum absolute atomic E-state index is 14.7. The summed E-state index contributed by atoms with van der Waals surface area (Å²) in [7, 11) is 4.80. The Morgan fingerprint density at radius 1 is 1.14 bits per heavy atom. The number of aliphatic hydroxyl groups is 2. The summed E-state index contributed by atoms with van der Waals surface area (Å²) in [6.07, 6.45) is 3.53. The normalized spacial score (nSPS) is 33.0. The average Bonchev–Trinajstić information content (AvgIpc) is 3.72. The van der Waals surface area contributed by atoms with Crippen molar-refractivity contribution in [1.29, 1.82) is 0 Å². The van der Waals surface area contributed by atoms with Crippen LogP contribution in [-0.4, -0.2) is 96.2 Å². The number of aromatic amines is 1. The van der Waals surface area contributed by atoms with Crippen LogP contribution in [0.4, 0.5) is 5.69 Å². The standard InChI is InChI=1S/C34H42N4O6/c1-5-32-13-8-15-38-16-14-33(28(32)38)23-12-11-21(43-3)18-26(23)37(2)29(33)34(42,30(32)40)31(41)36-25(27(39)44-4)17-20-19-35-24-10-7-6-9-22(20)24/h6-7,9-12,18-19,25,28-30,35,40,42H,5,8,13-17H2,1-4H3,(H,36,41)/t25-,28-,29+,30-,32+,33+,34+/m1/s1. The molecule has 234 valence electrons. The number of carbonyl (C=O) groups excluding carboxylic acids is 2. The highest BCUT2D eigenvalue weighted by Crippen LogP contribution is 2.67. The van der Waals surface area contributed by atoms with Crippen LogP contribution in [0.25, 0.3) is 10.9 Å². The van der Waals surface area contributed by atoms with E-state index in [9.17, 15) is 19.8 Å². The van der Waals surface area contributed by atoms with Crippen molar-refractivity contribution in [2.24, 2.45) is 5.41 Å². The van der Waals surface area contributed by atoms with E-state index >= 15 is 0 Å². The molecule has 3 fully saturated rings. The third kappa shape index (κ3) is 3.64. The van der Waals surface area contributed by atoms with E-state index in [0.717, 1.165) is 53.6 Å². The predicted octanol–water partition coefficient (Wildman–Crippen LogP) is 2.50. The van der Waals surface area contributed by atoms with Crippen molar-refractivity contribution in [3.63, 3.8) is 0 Å². The maximum Gasteiger partial charge on any atom is 0.328 e. The number of nitrogens with one attached hydrogen (secondary N) is 2. The Hall–Kier alpha value is -3.60. The topological polar surface area (TPSA) is 127 Å². The molecule has 0 bridgehead atoms. The number of H-pyrrole nitrogens is 1. The van der Waals surface area contributed by atoms with Crippen molar-refractivity contribution in [2.75, 3.05) is 39.3 Å². The number of rotatable bonds is 7. The highest BCUT2D eigenvalue weighted by atomic mass is 16.5. The van der Waals surface area contributed by atoms with Gasteiger partial charge in [-0.25, -0.2) is 4.79 Å². The van der Waals surface area contributed by atoms with Crippen LogP contribution in [0.1, 0.15) is 43.7 Å². The van der Waals surface area contributed by atoms with E-state index in [2.05, 4.69) is 28.2 Å². The number of nitrogens with zero attached hydrogens (tertiary/aromatic N) is 2. The van der Waals surface area contributed by atoms with Crippen molar-refractivity contribution in [1.82, 2.24) is 15.2 Å². The van der Waals surface area contributed by atoms with E-state index in [0.29, 0.717) is 18.6 Å². The first kappa shape index (κ1) is 29.1. The molecule has 7 atom stereocenters. The third-order valence-electron chi connectivity index (χ3n) is 11.5. The van der Waals surface area contributed by atoms with E-state index in [-0.39, 0.29) is 12.5 Å². The number of benzene rings is 2. The lowest BCUT2D eigenvalue weighted by Gasteiger charge is -2.65. The number of aliphatic hydroxyl groups excluding tert-OH is 1. The molecule has 2 saturated heterocycles. The molecule has 10 nitrogen and oxygen atoms in total. The average molecular weight is 603 g/mol. The van der Waals surface area contributed by atoms with Gasteiger partial charge in [-0.15, -0.1) is 0 Å². The number of hydrogen-bond acceptors (Lipinski definition) is 8. The van der Waals surface area contributed by atoms with Gasteiger partial charge in [-0.1, -0.05) is 31.2 Å². The molecular weight excluding hydrogens is 560 g/mol. The fraction of sp³-hybridized carbons (Fsp3) is 0.529. The van der Waals surface area contributed by atoms with Crippen molar-refractivity contribution in [2.45, 2.75) is 74.3 Å². The van der Waals surface area contributed by atoms with Crippen molar-refractivity contribution >= 4 is 28.5 Å². The summed E-state index contributed by atoms with van der Waals surface area (Å²) >= 11 is 0. The summed E-state index contributed by atoms with van der Waals surface area (Å²) in [5, 5.41) is 29.3. The number of piperidine rings is 1. The number of likely N-dealkylation sites (N-methyl/N-ethyl adjacent to an activating group) is 1. The first-order chi connectivity index (χ1) is 21.2. The molecule has 1 amide bonds. The minimum Gasteiger partial charge on any atom is -0.497 e. The lowest BCUT2D eigenvalue weighted by molar-refractivity contribution is -0.222. The SMILES string of the molecule is CC[C@@]12CCCN3CC[C@]4(c5ccc(OC)cc5N(C)[C@@H]4[C@@](O)(C(=O)N[C@H](Cc4c[nH]c5ccccc45)C(=O)OC)[C@@H]1O)[C@H]32. The molecule has 2 aromatic carbocycles. The van der Waals surface area contributed by atoms with Crippen LogP contribution in [0.3, 0.4) is 0 Å². The number of amides is 1. The molecule has 1 spiro atoms. The summed E-state index contributed by atoms with van der Waals surface area (Å²) < 4.78 is 10.7. The molecule has 4 aliphatic rings. The second kappa shape index (κ2) is 10.2. The quantitative estimate of drug-likeness (QED) is 0.304. The maximum atomic E-state index is 14.7. The van der Waals surface area contributed by atoms with Crippen molar-refractivity contribution < 1.29 is 29.3 Å². The van der Waals surface area contributed by atoms with Crippen LogP contribution in [0.2, 0.25) is 0 Å². The lowest BCUT2D eigenvalue weighted by Crippen LogP contribution is -2.82. The Kier molecular flexibility index (Phi) is 6.77. The van der Waals surface area contributed by atoms with Crippen molar-refractivity contribution in [3.8, 4) is 5.75 Å². The van der Waals surface area contributed by atoms with Gasteiger partial charge in [0.1, 0.15) is 17.9 Å². The Bertz CT molecular complexity index is 1620. The number of carbonyl (C=O) groups is 2. The molecule has 10 heteroatoms. The first-order valence-electron chi connectivity index (χ1n) is 15.7. The molecule has 44 heavy (non-hydrogen) atoms. The van der Waals surface area contributed by atoms with Gasteiger partial charge in [-0.05, 0) is 62.0 Å². The van der Waals surface area contributed by atoms with Crippen LogP contribution in [0.5, 0.6) is 5.75 Å². The third-order valence-corrected chi connectivity index (χ3v) is 11.5. The number of para-hydroxylation sites is 1. The van der Waals surface area contributed by atoms with Gasteiger partial charge in [-0.2, -0.15) is 0 Å². The molecule has 7 rings (SSSR count). The van der Waals surface area contributed by atoms with Gasteiger partial charge in [0, 0.05) is 59.2 Å². The molecule has 0 radical (unpaired) electrons. The number of hydrogen-bond donors (Lipinski definition) is 4. The van der Waals surface area contributed by atoms with Crippen LogP contribution in [0, 0.1) is 5.41 Å². The minimum absolute atomic E-state index is 0.0541. The first-order valence-corrected chi connectivity index (χ1v) is 15.7. The van der Waals surface area contributed by atoms with Crippen LogP contribution >= 0.6 is 0 Å². The molecule has 4 N–H and O–H groups in total. The lowest BCUT2D eigenvalue weighted by atomic mass is 9.46. The Morgan fingerprint density at radius 3 is 2.68 bits per heavy atom. The van der Waals surface area contributed by atoms with E-state index in [1.165, 1.54) is 7.11 Å². The summed E-state index contributed by atoms with van der Waals surface area (Å²) in [6, 6.07) is 11.8. The minimum atomic E-state index is -2.23. The Labute approximate surface area is 257 Å². The van der Waals surface area contributed by atoms with Crippen LogP contribution in [0.15, 0.2) is 48.7 Å². The van der Waals surface area contributed by atoms with E-state index < -0.39 is 46.5 Å². The van der Waals surface area contributed by atoms with Gasteiger partial charge in [0.05, 0.1) is 20.3 Å². The molecule has 1 saturated carbocycles. The van der Waals surface area contributed by atoms with Gasteiger partial charge in [-0.3, -0.25) is 9.69 Å². The number of aromatic nitrogens is 1. The Morgan fingerprint density at radius 2 is 1.93 bits per heavy atom. The number of ether oxygens (including phenoxy) is 2. The highest BCUT2D eigenvalue weighted by Gasteiger charge is 2.79. The fourth-order valence-electron chi connectivity index (χ4n) is 9.81. The number of methoxy groups -OCH3 is 2. The number of fused-ring (bicyclic) bond motifs is 2. The molecular formula is C34H42N4O6. The zero-order valence-corrected chi connectivity index (χ0v) is 25.8. The van der Waals surface area contributed by atoms with Crippen LogP contribution in [-0.2, 0) is 26.2 Å². The Balaban J connectivity index is 1.34. The van der Waals surface area contributed by atoms with Crippen molar-refractivity contribution in [3.05, 3.63) is 59.8 Å². The molecule has 4 heterocycles. The second-order valence-corrected chi connectivity index (χ2v) is 13.2.